The van der Waals surface area contributed by atoms with Crippen molar-refractivity contribution >= 4 is 34.0 Å². The summed E-state index contributed by atoms with van der Waals surface area (Å²) in [6.45, 7) is 3.70. The molecule has 2 saturated heterocycles. The van der Waals surface area contributed by atoms with Gasteiger partial charge in [-0.2, -0.15) is 4.31 Å². The van der Waals surface area contributed by atoms with Crippen LogP contribution in [0.5, 0.6) is 0 Å². The topological polar surface area (TPSA) is 97.0 Å². The number of sulfonamides is 1. The van der Waals surface area contributed by atoms with E-state index in [1.807, 2.05) is 0 Å². The van der Waals surface area contributed by atoms with E-state index in [2.05, 4.69) is 10.6 Å². The summed E-state index contributed by atoms with van der Waals surface area (Å²) < 4.78 is 51.3. The number of morpholine rings is 2. The maximum Gasteiger partial charge on any atom is 0.246 e. The molecule has 11 heteroatoms. The van der Waals surface area contributed by atoms with Gasteiger partial charge in [0, 0.05) is 25.3 Å². The third-order valence-corrected chi connectivity index (χ3v) is 6.30. The monoisotopic (exact) mass is 423 g/mol. The molecule has 3 rings (SSSR count). The molecule has 1 amide bonds. The van der Waals surface area contributed by atoms with Crippen LogP contribution in [-0.2, 0) is 24.3 Å². The standard InChI is InChI=1S/C16H22FN3O5S.ClH/c1-11-15(18-4-7-25-11)16(21)19-12-2-3-13(17)14(10-12)26(22,23)20-5-8-24-9-6-20;/h2-3,10-11,15,18H,4-9H2,1H3,(H,19,21);1H/t11-,15+;/m1./s1. The molecular weight excluding hydrogens is 401 g/mol. The molecule has 2 aliphatic heterocycles. The van der Waals surface area contributed by atoms with Gasteiger partial charge in [-0.25, -0.2) is 12.8 Å². The number of hydrogen-bond acceptors (Lipinski definition) is 6. The van der Waals surface area contributed by atoms with Crippen molar-refractivity contribution in [1.82, 2.24) is 9.62 Å². The van der Waals surface area contributed by atoms with Gasteiger partial charge in [-0.15, -0.1) is 12.4 Å². The number of ether oxygens (including phenoxy) is 2. The molecule has 0 spiro atoms. The Bertz CT molecular complexity index is 773. The smallest absolute Gasteiger partial charge is 0.246 e. The Labute approximate surface area is 163 Å². The van der Waals surface area contributed by atoms with Crippen LogP contribution in [-0.4, -0.2) is 70.2 Å². The molecule has 8 nitrogen and oxygen atoms in total. The fourth-order valence-electron chi connectivity index (χ4n) is 2.95. The zero-order valence-electron chi connectivity index (χ0n) is 14.8. The van der Waals surface area contributed by atoms with Crippen molar-refractivity contribution in [3.8, 4) is 0 Å². The highest BCUT2D eigenvalue weighted by atomic mass is 35.5. The summed E-state index contributed by atoms with van der Waals surface area (Å²) in [5, 5.41) is 5.67. The highest BCUT2D eigenvalue weighted by Crippen LogP contribution is 2.24. The number of halogens is 2. The van der Waals surface area contributed by atoms with Crippen molar-refractivity contribution in [3.63, 3.8) is 0 Å². The fraction of sp³-hybridized carbons (Fsp3) is 0.562. The number of carbonyl (C=O) groups excluding carboxylic acids is 1. The second-order valence-corrected chi connectivity index (χ2v) is 8.06. The maximum atomic E-state index is 14.2. The van der Waals surface area contributed by atoms with Crippen LogP contribution < -0.4 is 10.6 Å². The van der Waals surface area contributed by atoms with Crippen LogP contribution in [0.2, 0.25) is 0 Å². The summed E-state index contributed by atoms with van der Waals surface area (Å²) in [5.74, 6) is -1.22. The van der Waals surface area contributed by atoms with Crippen LogP contribution in [0.4, 0.5) is 10.1 Å². The molecule has 0 unspecified atom stereocenters. The van der Waals surface area contributed by atoms with E-state index in [1.165, 1.54) is 10.4 Å². The Morgan fingerprint density at radius 2 is 2.00 bits per heavy atom. The van der Waals surface area contributed by atoms with Gasteiger partial charge in [0.1, 0.15) is 16.8 Å². The minimum Gasteiger partial charge on any atom is -0.379 e. The third kappa shape index (κ3) is 4.95. The number of hydrogen-bond donors (Lipinski definition) is 2. The minimum absolute atomic E-state index is 0. The Balaban J connectivity index is 0.00000261. The lowest BCUT2D eigenvalue weighted by molar-refractivity contribution is -0.123. The molecule has 0 radical (unpaired) electrons. The summed E-state index contributed by atoms with van der Waals surface area (Å²) in [7, 11) is -4.00. The van der Waals surface area contributed by atoms with E-state index in [1.54, 1.807) is 6.92 Å². The van der Waals surface area contributed by atoms with Crippen molar-refractivity contribution in [3.05, 3.63) is 24.0 Å². The summed E-state index contributed by atoms with van der Waals surface area (Å²) in [5.41, 5.74) is 0.211. The number of amides is 1. The Morgan fingerprint density at radius 3 is 2.67 bits per heavy atom. The molecule has 0 aliphatic carbocycles. The average Bonchev–Trinajstić information content (AvgIpc) is 2.64. The van der Waals surface area contributed by atoms with Crippen LogP contribution in [0, 0.1) is 5.82 Å². The number of carbonyl (C=O) groups is 1. The van der Waals surface area contributed by atoms with Gasteiger partial charge in [-0.05, 0) is 25.1 Å². The van der Waals surface area contributed by atoms with Crippen LogP contribution in [0.15, 0.2) is 23.1 Å². The summed E-state index contributed by atoms with van der Waals surface area (Å²) >= 11 is 0. The zero-order chi connectivity index (χ0) is 18.7. The predicted molar refractivity (Wildman–Crippen MR) is 99.1 cm³/mol. The molecule has 1 aromatic carbocycles. The highest BCUT2D eigenvalue weighted by molar-refractivity contribution is 7.89. The molecule has 27 heavy (non-hydrogen) atoms. The van der Waals surface area contributed by atoms with E-state index in [0.717, 1.165) is 12.1 Å². The second-order valence-electron chi connectivity index (χ2n) is 6.16. The fourth-order valence-corrected chi connectivity index (χ4v) is 4.45. The molecule has 2 fully saturated rings. The Kier molecular flexibility index (Phi) is 7.55. The minimum atomic E-state index is -4.00. The molecule has 0 bridgehead atoms. The van der Waals surface area contributed by atoms with Crippen molar-refractivity contribution in [2.24, 2.45) is 0 Å². The van der Waals surface area contributed by atoms with E-state index in [-0.39, 0.29) is 56.4 Å². The van der Waals surface area contributed by atoms with Gasteiger partial charge >= 0.3 is 0 Å². The highest BCUT2D eigenvalue weighted by Gasteiger charge is 2.31. The first-order valence-corrected chi connectivity index (χ1v) is 9.87. The lowest BCUT2D eigenvalue weighted by atomic mass is 10.1. The lowest BCUT2D eigenvalue weighted by Gasteiger charge is -2.29. The average molecular weight is 424 g/mol. The van der Waals surface area contributed by atoms with Crippen LogP contribution in [0.3, 0.4) is 0 Å². The quantitative estimate of drug-likeness (QED) is 0.735. The first-order valence-electron chi connectivity index (χ1n) is 8.43. The van der Waals surface area contributed by atoms with Crippen LogP contribution in [0.1, 0.15) is 6.92 Å². The molecule has 2 atom stereocenters. The van der Waals surface area contributed by atoms with E-state index in [9.17, 15) is 17.6 Å². The summed E-state index contributed by atoms with van der Waals surface area (Å²) in [6.07, 6.45) is -0.319. The van der Waals surface area contributed by atoms with E-state index < -0.39 is 26.8 Å². The van der Waals surface area contributed by atoms with Gasteiger partial charge in [0.25, 0.3) is 0 Å². The van der Waals surface area contributed by atoms with Crippen molar-refractivity contribution in [1.29, 1.82) is 0 Å². The maximum absolute atomic E-state index is 14.2. The number of rotatable bonds is 4. The Hall–Kier alpha value is -1.30. The van der Waals surface area contributed by atoms with E-state index in [4.69, 9.17) is 9.47 Å². The second kappa shape index (κ2) is 9.26. The van der Waals surface area contributed by atoms with Gasteiger partial charge in [0.05, 0.1) is 25.9 Å². The molecule has 152 valence electrons. The predicted octanol–water partition coefficient (Wildman–Crippen LogP) is 0.584. The van der Waals surface area contributed by atoms with Gasteiger partial charge in [-0.1, -0.05) is 0 Å². The SMILES string of the molecule is C[C@H]1OCCN[C@@H]1C(=O)Nc1ccc(F)c(S(=O)(=O)N2CCOCC2)c1.Cl. The van der Waals surface area contributed by atoms with Crippen molar-refractivity contribution in [2.45, 2.75) is 24.0 Å². The Morgan fingerprint density at radius 1 is 1.30 bits per heavy atom. The van der Waals surface area contributed by atoms with Crippen molar-refractivity contribution in [2.75, 3.05) is 44.8 Å². The van der Waals surface area contributed by atoms with Crippen molar-refractivity contribution < 1.29 is 27.1 Å². The van der Waals surface area contributed by atoms with E-state index >= 15 is 0 Å². The molecular formula is C16H23ClFN3O5S. The lowest BCUT2D eigenvalue weighted by Crippen LogP contribution is -2.53. The molecule has 1 aromatic rings. The molecule has 2 N–H and O–H groups in total. The van der Waals surface area contributed by atoms with E-state index in [0.29, 0.717) is 13.2 Å². The first-order chi connectivity index (χ1) is 12.4. The van der Waals surface area contributed by atoms with Crippen LogP contribution >= 0.6 is 12.4 Å². The van der Waals surface area contributed by atoms with Gasteiger partial charge in [0.2, 0.25) is 15.9 Å². The molecule has 0 saturated carbocycles. The van der Waals surface area contributed by atoms with Crippen LogP contribution in [0.25, 0.3) is 0 Å². The van der Waals surface area contributed by atoms with Gasteiger partial charge < -0.3 is 20.1 Å². The normalized spacial score (nSPS) is 24.1. The molecule has 0 aromatic heterocycles. The van der Waals surface area contributed by atoms with Gasteiger partial charge in [0.15, 0.2) is 0 Å². The largest absolute Gasteiger partial charge is 0.379 e. The summed E-state index contributed by atoms with van der Waals surface area (Å²) in [6, 6.07) is 2.96. The number of benzene rings is 1. The number of nitrogens with one attached hydrogen (secondary N) is 2. The number of nitrogens with zero attached hydrogens (tertiary/aromatic N) is 1. The third-order valence-electron chi connectivity index (χ3n) is 4.39. The zero-order valence-corrected chi connectivity index (χ0v) is 16.4. The molecule has 2 aliphatic rings. The number of anilines is 1. The van der Waals surface area contributed by atoms with Gasteiger partial charge in [-0.3, -0.25) is 4.79 Å². The molecule has 2 heterocycles. The summed E-state index contributed by atoms with van der Waals surface area (Å²) in [4.78, 5) is 11.9. The first kappa shape index (κ1) is 22.0.